The van der Waals surface area contributed by atoms with Crippen LogP contribution in [0.4, 0.5) is 34.1 Å². The van der Waals surface area contributed by atoms with E-state index in [4.69, 9.17) is 8.83 Å². The lowest BCUT2D eigenvalue weighted by Crippen LogP contribution is -2.12. The predicted octanol–water partition coefficient (Wildman–Crippen LogP) is 17.6. The number of hydrogen-bond donors (Lipinski definition) is 0. The maximum Gasteiger partial charge on any atom is 0.159 e. The predicted molar refractivity (Wildman–Crippen MR) is 272 cm³/mol. The molecule has 2 aromatic heterocycles. The molecule has 12 rings (SSSR count). The maximum atomic E-state index is 6.95. The third-order valence-corrected chi connectivity index (χ3v) is 13.7. The molecule has 0 atom stereocenters. The highest BCUT2D eigenvalue weighted by Crippen LogP contribution is 2.50. The summed E-state index contributed by atoms with van der Waals surface area (Å²) in [5.74, 6) is 0. The molecular weight excluding hydrogens is 781 g/mol. The van der Waals surface area contributed by atoms with Crippen molar-refractivity contribution in [3.8, 4) is 0 Å². The first-order valence-electron chi connectivity index (χ1n) is 22.9. The van der Waals surface area contributed by atoms with Gasteiger partial charge in [0.25, 0.3) is 0 Å². The Bertz CT molecular complexity index is 3480. The molecule has 10 aromatic carbocycles. The Balaban J connectivity index is 1.12. The number of para-hydroxylation sites is 4. The molecule has 310 valence electrons. The first-order valence-corrected chi connectivity index (χ1v) is 22.9. The van der Waals surface area contributed by atoms with Gasteiger partial charge < -0.3 is 18.6 Å². The lowest BCUT2D eigenvalue weighted by molar-refractivity contribution is 0.663. The summed E-state index contributed by atoms with van der Waals surface area (Å²) in [5, 5.41) is 11.8. The largest absolute Gasteiger partial charge is 0.454 e. The summed E-state index contributed by atoms with van der Waals surface area (Å²) in [5.41, 5.74) is 15.2. The molecule has 0 amide bonds. The second kappa shape index (κ2) is 15.1. The number of rotatable bonds is 10. The minimum Gasteiger partial charge on any atom is -0.454 e. The first-order chi connectivity index (χ1) is 31.6. The van der Waals surface area contributed by atoms with E-state index in [0.29, 0.717) is 0 Å². The smallest absolute Gasteiger partial charge is 0.159 e. The number of hydrogen-bond acceptors (Lipinski definition) is 4. The lowest BCUT2D eigenvalue weighted by Gasteiger charge is -2.29. The highest BCUT2D eigenvalue weighted by Gasteiger charge is 2.26. The van der Waals surface area contributed by atoms with Crippen molar-refractivity contribution in [2.75, 3.05) is 9.80 Å². The van der Waals surface area contributed by atoms with Gasteiger partial charge in [0, 0.05) is 43.7 Å². The Hall–Kier alpha value is -7.56. The van der Waals surface area contributed by atoms with Crippen molar-refractivity contribution < 1.29 is 8.83 Å². The zero-order valence-electron chi connectivity index (χ0n) is 36.7. The van der Waals surface area contributed by atoms with E-state index in [-0.39, 0.29) is 0 Å². The van der Waals surface area contributed by atoms with Crippen molar-refractivity contribution in [3.05, 3.63) is 192 Å². The molecule has 0 radical (unpaired) electrons. The number of fused-ring (bicyclic) bond motifs is 6. The molecule has 0 bridgehead atoms. The first kappa shape index (κ1) is 38.1. The van der Waals surface area contributed by atoms with Gasteiger partial charge in [-0.1, -0.05) is 149 Å². The van der Waals surface area contributed by atoms with Crippen LogP contribution in [0.25, 0.3) is 76.2 Å². The highest BCUT2D eigenvalue weighted by molar-refractivity contribution is 6.28. The summed E-state index contributed by atoms with van der Waals surface area (Å²) in [6.45, 7) is 8.82. The molecule has 2 heterocycles. The highest BCUT2D eigenvalue weighted by atomic mass is 16.3. The third-order valence-electron chi connectivity index (χ3n) is 13.7. The summed E-state index contributed by atoms with van der Waals surface area (Å²) >= 11 is 0. The number of anilines is 6. The fraction of sp³-hybridized carbons (Fsp3) is 0.133. The van der Waals surface area contributed by atoms with Crippen LogP contribution < -0.4 is 9.80 Å². The van der Waals surface area contributed by atoms with E-state index in [1.54, 1.807) is 0 Å². The Morgan fingerprint density at radius 2 is 0.688 bits per heavy atom. The molecule has 12 aromatic rings. The van der Waals surface area contributed by atoms with Crippen LogP contribution in [0.1, 0.15) is 49.9 Å². The third kappa shape index (κ3) is 5.75. The fourth-order valence-electron chi connectivity index (χ4n) is 10.4. The Kier molecular flexibility index (Phi) is 8.98. The molecule has 0 aliphatic rings. The quantitative estimate of drug-likeness (QED) is 0.129. The van der Waals surface area contributed by atoms with Gasteiger partial charge in [-0.25, -0.2) is 0 Å². The van der Waals surface area contributed by atoms with E-state index in [0.717, 1.165) is 104 Å². The normalized spacial score (nSPS) is 12.0. The van der Waals surface area contributed by atoms with Crippen LogP contribution in [0, 0.1) is 0 Å². The van der Waals surface area contributed by atoms with Crippen molar-refractivity contribution in [1.29, 1.82) is 0 Å². The van der Waals surface area contributed by atoms with Crippen molar-refractivity contribution in [3.63, 3.8) is 0 Å². The number of benzene rings is 10. The fourth-order valence-corrected chi connectivity index (χ4v) is 10.4. The zero-order valence-corrected chi connectivity index (χ0v) is 36.7. The minimum atomic E-state index is 0.890. The van der Waals surface area contributed by atoms with Gasteiger partial charge in [0.15, 0.2) is 11.2 Å². The second-order valence-electron chi connectivity index (χ2n) is 17.1. The molecule has 0 N–H and O–H groups in total. The Labute approximate surface area is 372 Å². The van der Waals surface area contributed by atoms with Gasteiger partial charge in [-0.15, -0.1) is 0 Å². The van der Waals surface area contributed by atoms with Crippen molar-refractivity contribution in [2.45, 2.75) is 53.4 Å². The van der Waals surface area contributed by atoms with Gasteiger partial charge in [0.2, 0.25) is 0 Å². The number of furan rings is 2. The van der Waals surface area contributed by atoms with E-state index in [2.05, 4.69) is 207 Å². The van der Waals surface area contributed by atoms with E-state index in [9.17, 15) is 0 Å². The van der Waals surface area contributed by atoms with Gasteiger partial charge in [-0.3, -0.25) is 0 Å². The van der Waals surface area contributed by atoms with E-state index >= 15 is 0 Å². The minimum absolute atomic E-state index is 0.890. The van der Waals surface area contributed by atoms with Crippen LogP contribution >= 0.6 is 0 Å². The summed E-state index contributed by atoms with van der Waals surface area (Å²) in [6, 6.07) is 62.7. The van der Waals surface area contributed by atoms with Crippen LogP contribution in [0.3, 0.4) is 0 Å². The Morgan fingerprint density at radius 3 is 1.08 bits per heavy atom. The average molecular weight is 829 g/mol. The van der Waals surface area contributed by atoms with Crippen LogP contribution in [-0.2, 0) is 25.7 Å². The van der Waals surface area contributed by atoms with Gasteiger partial charge >= 0.3 is 0 Å². The molecule has 0 aliphatic carbocycles. The Morgan fingerprint density at radius 1 is 0.312 bits per heavy atom. The zero-order chi connectivity index (χ0) is 43.1. The molecule has 0 aliphatic heterocycles. The summed E-state index contributed by atoms with van der Waals surface area (Å²) in [7, 11) is 0. The van der Waals surface area contributed by atoms with Crippen LogP contribution in [0.15, 0.2) is 179 Å². The standard InChI is InChI=1S/C60H48N2O2/c1-5-37-21-29-43(30-22-37)61(53-19-11-17-47-45-15-9-13-39(7-3)57(45)63-59(47)53)51-35-27-41-26-34-50-52(36-28-42-25-33-49(51)55(41)56(42)50)62(44-31-23-38(6-2)24-32-44)54-20-12-18-48-46-16-10-14-40(8-4)58(46)64-60(48)54/h9-36H,5-8H2,1-4H3. The monoisotopic (exact) mass is 828 g/mol. The summed E-state index contributed by atoms with van der Waals surface area (Å²) in [4.78, 5) is 4.83. The maximum absolute atomic E-state index is 6.95. The van der Waals surface area contributed by atoms with Crippen LogP contribution in [-0.4, -0.2) is 0 Å². The number of aryl methyl sites for hydroxylation is 4. The molecule has 0 fully saturated rings. The van der Waals surface area contributed by atoms with Crippen molar-refractivity contribution in [2.24, 2.45) is 0 Å². The molecule has 0 spiro atoms. The molecule has 4 heteroatoms. The lowest BCUT2D eigenvalue weighted by atomic mass is 9.91. The summed E-state index contributed by atoms with van der Waals surface area (Å²) < 4.78 is 13.9. The number of nitrogens with zero attached hydrogens (tertiary/aromatic N) is 2. The van der Waals surface area contributed by atoms with Crippen LogP contribution in [0.5, 0.6) is 0 Å². The van der Waals surface area contributed by atoms with Crippen LogP contribution in [0.2, 0.25) is 0 Å². The van der Waals surface area contributed by atoms with Crippen molar-refractivity contribution >= 4 is 110 Å². The van der Waals surface area contributed by atoms with Gasteiger partial charge in [-0.2, -0.15) is 0 Å². The van der Waals surface area contributed by atoms with E-state index in [1.165, 1.54) is 54.6 Å². The van der Waals surface area contributed by atoms with E-state index in [1.807, 2.05) is 0 Å². The molecular formula is C60H48N2O2. The van der Waals surface area contributed by atoms with Gasteiger partial charge in [0.1, 0.15) is 11.2 Å². The molecule has 4 nitrogen and oxygen atoms in total. The van der Waals surface area contributed by atoms with Gasteiger partial charge in [-0.05, 0) is 118 Å². The topological polar surface area (TPSA) is 32.8 Å². The van der Waals surface area contributed by atoms with Gasteiger partial charge in [0.05, 0.1) is 22.7 Å². The molecule has 0 saturated heterocycles. The molecule has 0 unspecified atom stereocenters. The molecule has 64 heavy (non-hydrogen) atoms. The molecule has 0 saturated carbocycles. The SMILES string of the molecule is CCc1ccc(N(c2ccc3ccc4c(N(c5ccc(CC)cc5)c5cccc6c5oc5c(CC)cccc56)ccc5ccc2c3c54)c2cccc3c2oc2c(CC)cccc23)cc1. The summed E-state index contributed by atoms with van der Waals surface area (Å²) in [6.07, 6.45) is 3.76. The van der Waals surface area contributed by atoms with Crippen molar-refractivity contribution in [1.82, 2.24) is 0 Å². The average Bonchev–Trinajstić information content (AvgIpc) is 3.94. The van der Waals surface area contributed by atoms with E-state index < -0.39 is 0 Å². The second-order valence-corrected chi connectivity index (χ2v) is 17.1.